The summed E-state index contributed by atoms with van der Waals surface area (Å²) in [6, 6.07) is 7.41. The van der Waals surface area contributed by atoms with Gasteiger partial charge in [-0.2, -0.15) is 0 Å². The van der Waals surface area contributed by atoms with Crippen molar-refractivity contribution in [2.45, 2.75) is 32.2 Å². The predicted molar refractivity (Wildman–Crippen MR) is 80.6 cm³/mol. The van der Waals surface area contributed by atoms with Gasteiger partial charge in [-0.25, -0.2) is 0 Å². The minimum absolute atomic E-state index is 0.110. The largest absolute Gasteiger partial charge is 0.480 e. The number of nitrogens with zero attached hydrogens (tertiary/aromatic N) is 1. The first-order valence-electron chi connectivity index (χ1n) is 6.92. The summed E-state index contributed by atoms with van der Waals surface area (Å²) >= 11 is 0. The van der Waals surface area contributed by atoms with Gasteiger partial charge in [0.1, 0.15) is 6.04 Å². The van der Waals surface area contributed by atoms with Crippen LogP contribution in [0.3, 0.4) is 0 Å². The molecule has 0 spiro atoms. The first-order valence-corrected chi connectivity index (χ1v) is 6.92. The van der Waals surface area contributed by atoms with Crippen LogP contribution in [0, 0.1) is 5.92 Å². The van der Waals surface area contributed by atoms with Gasteiger partial charge < -0.3 is 10.8 Å². The van der Waals surface area contributed by atoms with Gasteiger partial charge in [-0.05, 0) is 30.7 Å². The molecule has 20 heavy (non-hydrogen) atoms. The van der Waals surface area contributed by atoms with Gasteiger partial charge in [-0.15, -0.1) is 0 Å². The summed E-state index contributed by atoms with van der Waals surface area (Å²) in [4.78, 5) is 15.2. The number of carboxylic acids is 1. The molecule has 0 saturated carbocycles. The molecule has 4 nitrogen and oxygen atoms in total. The second-order valence-electron chi connectivity index (χ2n) is 5.05. The van der Waals surface area contributed by atoms with Gasteiger partial charge in [0.15, 0.2) is 0 Å². The number of nitrogens with two attached hydrogens (primary N) is 1. The predicted octanol–water partition coefficient (Wildman–Crippen LogP) is 2.48. The number of allylic oxidation sites excluding steroid dienone is 1. The van der Waals surface area contributed by atoms with E-state index in [0.29, 0.717) is 6.42 Å². The summed E-state index contributed by atoms with van der Waals surface area (Å²) in [5.74, 6) is -0.844. The highest BCUT2D eigenvalue weighted by molar-refractivity contribution is 5.80. The number of carboxylic acid groups (broad SMARTS) is 1. The zero-order chi connectivity index (χ0) is 14.5. The van der Waals surface area contributed by atoms with Gasteiger partial charge in [0.2, 0.25) is 0 Å². The van der Waals surface area contributed by atoms with E-state index in [4.69, 9.17) is 10.8 Å². The Labute approximate surface area is 119 Å². The maximum absolute atomic E-state index is 10.8. The Morgan fingerprint density at radius 2 is 2.25 bits per heavy atom. The fraction of sp³-hybridized carbons (Fsp3) is 0.375. The molecule has 4 heteroatoms. The molecule has 1 heterocycles. The fourth-order valence-electron chi connectivity index (χ4n) is 2.40. The van der Waals surface area contributed by atoms with E-state index in [2.05, 4.69) is 30.1 Å². The molecule has 0 radical (unpaired) electrons. The molecule has 0 aromatic heterocycles. The third-order valence-corrected chi connectivity index (χ3v) is 3.59. The van der Waals surface area contributed by atoms with Crippen molar-refractivity contribution in [3.63, 3.8) is 0 Å². The standard InChI is InChI=1S/C16H20N2O2/c1-2-12-5-3-4-6-13(12)15-8-7-11(10-18-15)9-14(17)16(19)20/h3-6,8,10-11,14H,2,7,9,17H2,1H3,(H,19,20)/t11?,14-/m0/s1. The molecule has 2 atom stereocenters. The zero-order valence-corrected chi connectivity index (χ0v) is 11.6. The molecule has 1 aromatic carbocycles. The molecule has 0 amide bonds. The summed E-state index contributed by atoms with van der Waals surface area (Å²) in [5.41, 5.74) is 8.97. The molecule has 106 valence electrons. The van der Waals surface area contributed by atoms with Crippen LogP contribution in [0.4, 0.5) is 0 Å². The molecule has 0 bridgehead atoms. The molecular weight excluding hydrogens is 252 g/mol. The highest BCUT2D eigenvalue weighted by Gasteiger charge is 2.19. The number of carbonyl (C=O) groups is 1. The molecule has 0 fully saturated rings. The van der Waals surface area contributed by atoms with Crippen molar-refractivity contribution in [1.29, 1.82) is 0 Å². The quantitative estimate of drug-likeness (QED) is 0.864. The average molecular weight is 272 g/mol. The SMILES string of the molecule is CCc1ccccc1C1=CCC(C[C@H](N)C(=O)O)C=N1. The van der Waals surface area contributed by atoms with E-state index in [0.717, 1.165) is 24.1 Å². The van der Waals surface area contributed by atoms with Crippen molar-refractivity contribution in [3.05, 3.63) is 41.5 Å². The first-order chi connectivity index (χ1) is 9.61. The van der Waals surface area contributed by atoms with Gasteiger partial charge >= 0.3 is 5.97 Å². The highest BCUT2D eigenvalue weighted by Crippen LogP contribution is 2.26. The lowest BCUT2D eigenvalue weighted by Crippen LogP contribution is -2.32. The molecule has 0 saturated heterocycles. The molecular formula is C16H20N2O2. The molecule has 1 unspecified atom stereocenters. The van der Waals surface area contributed by atoms with Crippen molar-refractivity contribution < 1.29 is 9.90 Å². The summed E-state index contributed by atoms with van der Waals surface area (Å²) in [6.45, 7) is 2.13. The van der Waals surface area contributed by atoms with Crippen LogP contribution >= 0.6 is 0 Å². The summed E-state index contributed by atoms with van der Waals surface area (Å²) in [7, 11) is 0. The summed E-state index contributed by atoms with van der Waals surface area (Å²) in [5, 5.41) is 8.83. The Morgan fingerprint density at radius 1 is 1.50 bits per heavy atom. The van der Waals surface area contributed by atoms with E-state index in [1.54, 1.807) is 0 Å². The topological polar surface area (TPSA) is 75.7 Å². The van der Waals surface area contributed by atoms with Crippen molar-refractivity contribution in [1.82, 2.24) is 0 Å². The van der Waals surface area contributed by atoms with Gasteiger partial charge in [-0.3, -0.25) is 9.79 Å². The van der Waals surface area contributed by atoms with E-state index in [1.807, 2.05) is 18.3 Å². The third-order valence-electron chi connectivity index (χ3n) is 3.59. The third kappa shape index (κ3) is 3.33. The number of rotatable bonds is 5. The highest BCUT2D eigenvalue weighted by atomic mass is 16.4. The smallest absolute Gasteiger partial charge is 0.320 e. The van der Waals surface area contributed by atoms with Gasteiger partial charge in [-0.1, -0.05) is 37.3 Å². The average Bonchev–Trinajstić information content (AvgIpc) is 2.48. The number of hydrogen-bond donors (Lipinski definition) is 2. The zero-order valence-electron chi connectivity index (χ0n) is 11.6. The maximum atomic E-state index is 10.8. The van der Waals surface area contributed by atoms with Crippen LogP contribution in [0.25, 0.3) is 5.70 Å². The van der Waals surface area contributed by atoms with Crippen molar-refractivity contribution in [2.24, 2.45) is 16.6 Å². The van der Waals surface area contributed by atoms with Crippen LogP contribution in [0.5, 0.6) is 0 Å². The lowest BCUT2D eigenvalue weighted by molar-refractivity contribution is -0.138. The minimum atomic E-state index is -0.954. The molecule has 0 aliphatic carbocycles. The Bertz CT molecular complexity index is 549. The number of aliphatic carboxylic acids is 1. The Hall–Kier alpha value is -1.94. The molecule has 3 N–H and O–H groups in total. The van der Waals surface area contributed by atoms with Crippen LogP contribution in [-0.2, 0) is 11.2 Å². The second kappa shape index (κ2) is 6.48. The van der Waals surface area contributed by atoms with Crippen LogP contribution in [0.1, 0.15) is 30.9 Å². The van der Waals surface area contributed by atoms with E-state index in [1.165, 1.54) is 5.56 Å². The number of aliphatic imine (C=N–C) groups is 1. The van der Waals surface area contributed by atoms with Crippen LogP contribution in [0.2, 0.25) is 0 Å². The van der Waals surface area contributed by atoms with Crippen LogP contribution < -0.4 is 5.73 Å². The summed E-state index contributed by atoms with van der Waals surface area (Å²) in [6.07, 6.45) is 6.10. The lowest BCUT2D eigenvalue weighted by atomic mass is 9.93. The molecule has 1 aliphatic heterocycles. The van der Waals surface area contributed by atoms with E-state index < -0.39 is 12.0 Å². The first kappa shape index (κ1) is 14.5. The number of hydrogen-bond acceptors (Lipinski definition) is 3. The Balaban J connectivity index is 2.07. The minimum Gasteiger partial charge on any atom is -0.480 e. The van der Waals surface area contributed by atoms with E-state index in [9.17, 15) is 4.79 Å². The fourth-order valence-corrected chi connectivity index (χ4v) is 2.40. The van der Waals surface area contributed by atoms with Crippen LogP contribution in [0.15, 0.2) is 35.3 Å². The van der Waals surface area contributed by atoms with E-state index in [-0.39, 0.29) is 5.92 Å². The van der Waals surface area contributed by atoms with Crippen molar-refractivity contribution in [3.8, 4) is 0 Å². The maximum Gasteiger partial charge on any atom is 0.320 e. The van der Waals surface area contributed by atoms with Gasteiger partial charge in [0.05, 0.1) is 5.70 Å². The lowest BCUT2D eigenvalue weighted by Gasteiger charge is -2.18. The van der Waals surface area contributed by atoms with Gasteiger partial charge in [0, 0.05) is 11.8 Å². The summed E-state index contributed by atoms with van der Waals surface area (Å²) < 4.78 is 0. The normalized spacial score (nSPS) is 19.5. The molecule has 1 aromatic rings. The van der Waals surface area contributed by atoms with Gasteiger partial charge in [0.25, 0.3) is 0 Å². The Morgan fingerprint density at radius 3 is 2.85 bits per heavy atom. The Kier molecular flexibility index (Phi) is 4.69. The molecule has 2 rings (SSSR count). The number of aryl methyl sites for hydroxylation is 1. The van der Waals surface area contributed by atoms with E-state index >= 15 is 0 Å². The molecule has 1 aliphatic rings. The monoisotopic (exact) mass is 272 g/mol. The number of benzene rings is 1. The van der Waals surface area contributed by atoms with Crippen molar-refractivity contribution >= 4 is 17.9 Å². The van der Waals surface area contributed by atoms with Crippen LogP contribution in [-0.4, -0.2) is 23.3 Å². The van der Waals surface area contributed by atoms with Crippen molar-refractivity contribution in [2.75, 3.05) is 0 Å². The second-order valence-corrected chi connectivity index (χ2v) is 5.05.